The number of carbonyl (C=O) groups excluding carboxylic acids is 1. The summed E-state index contributed by atoms with van der Waals surface area (Å²) in [5, 5.41) is 3.29. The fourth-order valence-electron chi connectivity index (χ4n) is 4.27. The number of nitrogens with one attached hydrogen (secondary N) is 1. The first-order chi connectivity index (χ1) is 13.0. The van der Waals surface area contributed by atoms with Crippen LogP contribution in [0.2, 0.25) is 0 Å². The summed E-state index contributed by atoms with van der Waals surface area (Å²) in [6.45, 7) is 11.5. The molecule has 150 valence electrons. The van der Waals surface area contributed by atoms with Crippen LogP contribution in [-0.4, -0.2) is 73.1 Å². The van der Waals surface area contributed by atoms with Crippen molar-refractivity contribution in [2.24, 2.45) is 5.92 Å². The van der Waals surface area contributed by atoms with Gasteiger partial charge in [-0.3, -0.25) is 4.90 Å². The number of amides is 2. The van der Waals surface area contributed by atoms with Gasteiger partial charge in [-0.25, -0.2) is 4.79 Å². The Bertz CT molecular complexity index is 612. The largest absolute Gasteiger partial charge is 0.335 e. The lowest BCUT2D eigenvalue weighted by molar-refractivity contribution is 0.172. The molecule has 0 saturated carbocycles. The average Bonchev–Trinajstić information content (AvgIpc) is 3.13. The second-order valence-electron chi connectivity index (χ2n) is 8.38. The van der Waals surface area contributed by atoms with Crippen molar-refractivity contribution >= 4 is 6.03 Å². The van der Waals surface area contributed by atoms with Crippen molar-refractivity contribution in [1.29, 1.82) is 0 Å². The zero-order valence-corrected chi connectivity index (χ0v) is 17.3. The van der Waals surface area contributed by atoms with Crippen LogP contribution < -0.4 is 5.32 Å². The smallest absolute Gasteiger partial charge is 0.317 e. The molecule has 0 aromatic heterocycles. The Kier molecular flexibility index (Phi) is 7.13. The Labute approximate surface area is 164 Å². The van der Waals surface area contributed by atoms with E-state index in [1.165, 1.54) is 11.1 Å². The molecule has 1 unspecified atom stereocenters. The van der Waals surface area contributed by atoms with Crippen molar-refractivity contribution in [3.05, 3.63) is 35.4 Å². The Morgan fingerprint density at radius 3 is 2.63 bits per heavy atom. The molecule has 1 N–H and O–H groups in total. The lowest BCUT2D eigenvalue weighted by Gasteiger charge is -2.33. The van der Waals surface area contributed by atoms with Crippen molar-refractivity contribution in [3.63, 3.8) is 0 Å². The van der Waals surface area contributed by atoms with Crippen molar-refractivity contribution in [2.75, 3.05) is 46.3 Å². The minimum absolute atomic E-state index is 0.147. The predicted molar refractivity (Wildman–Crippen MR) is 111 cm³/mol. The van der Waals surface area contributed by atoms with E-state index in [1.54, 1.807) is 0 Å². The van der Waals surface area contributed by atoms with E-state index in [4.69, 9.17) is 0 Å². The lowest BCUT2D eigenvalue weighted by atomic mass is 10.0. The van der Waals surface area contributed by atoms with Gasteiger partial charge in [0.1, 0.15) is 0 Å². The average molecular weight is 373 g/mol. The molecule has 5 heteroatoms. The first-order valence-electron chi connectivity index (χ1n) is 10.6. The molecular weight excluding hydrogens is 336 g/mol. The number of rotatable bonds is 6. The summed E-state index contributed by atoms with van der Waals surface area (Å²) in [6, 6.07) is 9.10. The van der Waals surface area contributed by atoms with Gasteiger partial charge in [-0.1, -0.05) is 31.2 Å². The van der Waals surface area contributed by atoms with Crippen LogP contribution in [0.4, 0.5) is 4.79 Å². The molecule has 2 aliphatic rings. The number of nitrogens with zero attached hydrogens (tertiary/aromatic N) is 3. The molecule has 0 bridgehead atoms. The van der Waals surface area contributed by atoms with Crippen LogP contribution >= 0.6 is 0 Å². The Morgan fingerprint density at radius 2 is 1.93 bits per heavy atom. The lowest BCUT2D eigenvalue weighted by Crippen LogP contribution is -2.48. The van der Waals surface area contributed by atoms with Gasteiger partial charge < -0.3 is 15.1 Å². The van der Waals surface area contributed by atoms with E-state index in [0.717, 1.165) is 65.1 Å². The highest BCUT2D eigenvalue weighted by atomic mass is 16.2. The number of aryl methyl sites for hydroxylation is 1. The van der Waals surface area contributed by atoms with Gasteiger partial charge in [0.15, 0.2) is 0 Å². The zero-order chi connectivity index (χ0) is 19.2. The minimum Gasteiger partial charge on any atom is -0.335 e. The van der Waals surface area contributed by atoms with Gasteiger partial charge in [0.05, 0.1) is 0 Å². The summed E-state index contributed by atoms with van der Waals surface area (Å²) < 4.78 is 0. The van der Waals surface area contributed by atoms with Crippen molar-refractivity contribution < 1.29 is 4.79 Å². The highest BCUT2D eigenvalue weighted by molar-refractivity contribution is 5.74. The maximum atomic E-state index is 12.6. The fraction of sp³-hybridized carbons (Fsp3) is 0.682. The Hall–Kier alpha value is -1.59. The summed E-state index contributed by atoms with van der Waals surface area (Å²) in [5.41, 5.74) is 2.78. The summed E-state index contributed by atoms with van der Waals surface area (Å²) in [4.78, 5) is 19.5. The monoisotopic (exact) mass is 372 g/mol. The van der Waals surface area contributed by atoms with Crippen molar-refractivity contribution in [3.8, 4) is 0 Å². The molecule has 1 aromatic rings. The summed E-state index contributed by atoms with van der Waals surface area (Å²) in [5.74, 6) is 0.622. The second-order valence-corrected chi connectivity index (χ2v) is 8.38. The maximum absolute atomic E-state index is 12.6. The molecule has 0 spiro atoms. The van der Waals surface area contributed by atoms with Crippen LogP contribution in [0.25, 0.3) is 0 Å². The predicted octanol–water partition coefficient (Wildman–Crippen LogP) is 2.94. The van der Waals surface area contributed by atoms with E-state index in [0.29, 0.717) is 12.0 Å². The molecule has 2 fully saturated rings. The van der Waals surface area contributed by atoms with Crippen LogP contribution in [0, 0.1) is 12.8 Å². The number of hydrogen-bond donors (Lipinski definition) is 1. The Balaban J connectivity index is 1.39. The van der Waals surface area contributed by atoms with Gasteiger partial charge in [0.25, 0.3) is 0 Å². The van der Waals surface area contributed by atoms with Gasteiger partial charge in [0.2, 0.25) is 0 Å². The summed E-state index contributed by atoms with van der Waals surface area (Å²) in [7, 11) is 2.16. The normalized spacial score (nSPS) is 21.8. The maximum Gasteiger partial charge on any atom is 0.317 e. The van der Waals surface area contributed by atoms with Gasteiger partial charge in [0, 0.05) is 45.3 Å². The first kappa shape index (κ1) is 20.2. The summed E-state index contributed by atoms with van der Waals surface area (Å²) in [6.07, 6.45) is 3.23. The number of urea groups is 1. The van der Waals surface area contributed by atoms with Crippen LogP contribution in [0.3, 0.4) is 0 Å². The van der Waals surface area contributed by atoms with Crippen LogP contribution in [0.5, 0.6) is 0 Å². The highest BCUT2D eigenvalue weighted by Gasteiger charge is 2.29. The van der Waals surface area contributed by atoms with Crippen molar-refractivity contribution in [1.82, 2.24) is 20.0 Å². The molecule has 0 aliphatic carbocycles. The molecule has 0 radical (unpaired) electrons. The second kappa shape index (κ2) is 9.56. The molecule has 1 aromatic carbocycles. The van der Waals surface area contributed by atoms with Gasteiger partial charge >= 0.3 is 6.03 Å². The number of benzene rings is 1. The quantitative estimate of drug-likeness (QED) is 0.834. The Morgan fingerprint density at radius 1 is 1.19 bits per heavy atom. The molecular formula is C22H36N4O. The summed E-state index contributed by atoms with van der Waals surface area (Å²) >= 11 is 0. The van der Waals surface area contributed by atoms with Crippen molar-refractivity contribution in [2.45, 2.75) is 45.7 Å². The molecule has 1 atom stereocenters. The third kappa shape index (κ3) is 5.69. The number of likely N-dealkylation sites (tertiary alicyclic amines) is 2. The highest BCUT2D eigenvalue weighted by Crippen LogP contribution is 2.19. The molecule has 2 amide bonds. The van der Waals surface area contributed by atoms with E-state index in [2.05, 4.69) is 60.3 Å². The SMILES string of the molecule is CCN(C)CC1CCN(C(=O)NC2CCN(Cc3ccccc3C)CC2)C1. The van der Waals surface area contributed by atoms with Crippen LogP contribution in [-0.2, 0) is 6.54 Å². The molecule has 3 rings (SSSR count). The van der Waals surface area contributed by atoms with Gasteiger partial charge in [-0.05, 0) is 56.8 Å². The van der Waals surface area contributed by atoms with E-state index in [1.807, 2.05) is 4.90 Å². The van der Waals surface area contributed by atoms with E-state index >= 15 is 0 Å². The minimum atomic E-state index is 0.147. The fourth-order valence-corrected chi connectivity index (χ4v) is 4.27. The number of hydrogen-bond acceptors (Lipinski definition) is 3. The third-order valence-electron chi connectivity index (χ3n) is 6.25. The van der Waals surface area contributed by atoms with Gasteiger partial charge in [-0.15, -0.1) is 0 Å². The van der Waals surface area contributed by atoms with Crippen LogP contribution in [0.1, 0.15) is 37.3 Å². The molecule has 2 aliphatic heterocycles. The van der Waals surface area contributed by atoms with Gasteiger partial charge in [-0.2, -0.15) is 0 Å². The van der Waals surface area contributed by atoms with E-state index < -0.39 is 0 Å². The first-order valence-corrected chi connectivity index (χ1v) is 10.6. The molecule has 27 heavy (non-hydrogen) atoms. The number of carbonyl (C=O) groups is 1. The van der Waals surface area contributed by atoms with Crippen LogP contribution in [0.15, 0.2) is 24.3 Å². The topological polar surface area (TPSA) is 38.8 Å². The molecule has 2 heterocycles. The molecule has 5 nitrogen and oxygen atoms in total. The van der Waals surface area contributed by atoms with E-state index in [-0.39, 0.29) is 6.03 Å². The molecule has 2 saturated heterocycles. The number of piperidine rings is 1. The third-order valence-corrected chi connectivity index (χ3v) is 6.25. The zero-order valence-electron chi connectivity index (χ0n) is 17.3. The van der Waals surface area contributed by atoms with E-state index in [9.17, 15) is 4.79 Å². The standard InChI is InChI=1S/C22H36N4O/c1-4-24(3)15-19-9-14-26(16-19)22(27)23-21-10-12-25(13-11-21)17-20-8-6-5-7-18(20)2/h5-8,19,21H,4,9-17H2,1-3H3,(H,23,27).